The molecule has 0 bridgehead atoms. The smallest absolute Gasteiger partial charge is 0.0867 e. The molecule has 0 saturated heterocycles. The maximum absolute atomic E-state index is 5.18. The third kappa shape index (κ3) is 4.80. The summed E-state index contributed by atoms with van der Waals surface area (Å²) in [5, 5.41) is 0. The Kier molecular flexibility index (Phi) is 4.97. The van der Waals surface area contributed by atoms with Crippen molar-refractivity contribution in [1.29, 1.82) is 0 Å². The molecule has 0 radical (unpaired) electrons. The van der Waals surface area contributed by atoms with Crippen LogP contribution in [0.4, 0.5) is 0 Å². The lowest BCUT2D eigenvalue weighted by Gasteiger charge is -2.05. The van der Waals surface area contributed by atoms with Crippen LogP contribution in [-0.4, -0.2) is 12.6 Å². The molecular formula is C12H17NO. The van der Waals surface area contributed by atoms with E-state index in [0.717, 1.165) is 0 Å². The fraction of sp³-hybridized carbons (Fsp3) is 0.333. The summed E-state index contributed by atoms with van der Waals surface area (Å²) in [6.07, 6.45) is 4.03. The molecule has 1 aromatic carbocycles. The van der Waals surface area contributed by atoms with Crippen LogP contribution in [0.5, 0.6) is 0 Å². The summed E-state index contributed by atoms with van der Waals surface area (Å²) in [6, 6.07) is 10.5. The Bertz CT molecular complexity index is 267. The summed E-state index contributed by atoms with van der Waals surface area (Å²) < 4.78 is 0. The monoisotopic (exact) mass is 191 g/mol. The Balaban J connectivity index is 2.21. The largest absolute Gasteiger partial charge is 0.297 e. The molecule has 1 N–H and O–H groups in total. The van der Waals surface area contributed by atoms with E-state index in [1.54, 1.807) is 0 Å². The molecule has 14 heavy (non-hydrogen) atoms. The lowest BCUT2D eigenvalue weighted by molar-refractivity contribution is 0.0441. The summed E-state index contributed by atoms with van der Waals surface area (Å²) in [6.45, 7) is 4.68. The average molecular weight is 191 g/mol. The highest BCUT2D eigenvalue weighted by molar-refractivity contribution is 5.48. The Morgan fingerprint density at radius 1 is 1.29 bits per heavy atom. The minimum absolute atomic E-state index is 0.361. The van der Waals surface area contributed by atoms with E-state index in [4.69, 9.17) is 4.84 Å². The van der Waals surface area contributed by atoms with Crippen LogP contribution in [0, 0.1) is 0 Å². The Morgan fingerprint density at radius 3 is 2.64 bits per heavy atom. The van der Waals surface area contributed by atoms with E-state index >= 15 is 0 Å². The van der Waals surface area contributed by atoms with Gasteiger partial charge in [-0.05, 0) is 19.4 Å². The first-order valence-corrected chi connectivity index (χ1v) is 4.88. The molecule has 0 saturated carbocycles. The van der Waals surface area contributed by atoms with Gasteiger partial charge in [0.1, 0.15) is 0 Å². The van der Waals surface area contributed by atoms with Crippen molar-refractivity contribution in [1.82, 2.24) is 5.48 Å². The summed E-state index contributed by atoms with van der Waals surface area (Å²) in [5.74, 6) is 0. The van der Waals surface area contributed by atoms with Crippen LogP contribution in [0.2, 0.25) is 0 Å². The highest BCUT2D eigenvalue weighted by atomic mass is 16.6. The first-order chi connectivity index (χ1) is 6.79. The van der Waals surface area contributed by atoms with Crippen LogP contribution < -0.4 is 5.48 Å². The molecule has 2 heteroatoms. The molecule has 0 aliphatic heterocycles. The zero-order chi connectivity index (χ0) is 10.2. The van der Waals surface area contributed by atoms with E-state index in [9.17, 15) is 0 Å². The average Bonchev–Trinajstić information content (AvgIpc) is 2.18. The second kappa shape index (κ2) is 6.35. The molecule has 76 valence electrons. The van der Waals surface area contributed by atoms with Gasteiger partial charge in [0.05, 0.1) is 6.61 Å². The highest BCUT2D eigenvalue weighted by Gasteiger charge is 1.88. The van der Waals surface area contributed by atoms with Gasteiger partial charge in [0.2, 0.25) is 0 Å². The summed E-state index contributed by atoms with van der Waals surface area (Å²) in [5.41, 5.74) is 4.08. The van der Waals surface area contributed by atoms with E-state index in [1.165, 1.54) is 5.56 Å². The van der Waals surface area contributed by atoms with Crippen LogP contribution in [0.25, 0.3) is 6.08 Å². The third-order valence-corrected chi connectivity index (χ3v) is 1.61. The number of benzene rings is 1. The van der Waals surface area contributed by atoms with Crippen molar-refractivity contribution in [3.05, 3.63) is 42.0 Å². The van der Waals surface area contributed by atoms with E-state index in [-0.39, 0.29) is 0 Å². The van der Waals surface area contributed by atoms with Crippen molar-refractivity contribution < 1.29 is 4.84 Å². The fourth-order valence-electron chi connectivity index (χ4n) is 1.01. The molecule has 0 spiro atoms. The molecule has 0 unspecified atom stereocenters. The van der Waals surface area contributed by atoms with Gasteiger partial charge in [-0.2, -0.15) is 5.48 Å². The second-order valence-corrected chi connectivity index (χ2v) is 3.40. The normalized spacial score (nSPS) is 11.4. The van der Waals surface area contributed by atoms with E-state index in [2.05, 4.69) is 17.6 Å². The molecule has 1 rings (SSSR count). The molecule has 0 aliphatic rings. The zero-order valence-electron chi connectivity index (χ0n) is 8.73. The third-order valence-electron chi connectivity index (χ3n) is 1.61. The van der Waals surface area contributed by atoms with Crippen molar-refractivity contribution in [2.45, 2.75) is 19.9 Å². The van der Waals surface area contributed by atoms with Crippen molar-refractivity contribution in [3.8, 4) is 0 Å². The predicted octanol–water partition coefficient (Wildman–Crippen LogP) is 2.63. The molecule has 1 aromatic rings. The fourth-order valence-corrected chi connectivity index (χ4v) is 1.01. The summed E-state index contributed by atoms with van der Waals surface area (Å²) in [4.78, 5) is 5.18. The molecule has 2 nitrogen and oxygen atoms in total. The van der Waals surface area contributed by atoms with E-state index in [1.807, 2.05) is 44.2 Å². The number of hydroxylamine groups is 1. The van der Waals surface area contributed by atoms with Gasteiger partial charge in [-0.25, -0.2) is 0 Å². The van der Waals surface area contributed by atoms with E-state index in [0.29, 0.717) is 12.6 Å². The first kappa shape index (κ1) is 11.0. The topological polar surface area (TPSA) is 21.3 Å². The molecule has 0 atom stereocenters. The molecule has 0 heterocycles. The zero-order valence-corrected chi connectivity index (χ0v) is 8.73. The highest BCUT2D eigenvalue weighted by Crippen LogP contribution is 2.00. The number of hydrogen-bond donors (Lipinski definition) is 1. The summed E-state index contributed by atoms with van der Waals surface area (Å²) in [7, 11) is 0. The first-order valence-electron chi connectivity index (χ1n) is 4.88. The lowest BCUT2D eigenvalue weighted by Crippen LogP contribution is -2.22. The number of nitrogens with one attached hydrogen (secondary N) is 1. The number of rotatable bonds is 5. The van der Waals surface area contributed by atoms with Crippen molar-refractivity contribution in [2.24, 2.45) is 0 Å². The molecule has 0 fully saturated rings. The quantitative estimate of drug-likeness (QED) is 0.570. The van der Waals surface area contributed by atoms with Crippen LogP contribution in [0.3, 0.4) is 0 Å². The maximum Gasteiger partial charge on any atom is 0.0867 e. The SMILES string of the molecule is CC(C)NOC/C=C/c1ccccc1. The summed E-state index contributed by atoms with van der Waals surface area (Å²) >= 11 is 0. The van der Waals surface area contributed by atoms with Crippen LogP contribution >= 0.6 is 0 Å². The van der Waals surface area contributed by atoms with Crippen LogP contribution in [-0.2, 0) is 4.84 Å². The Hall–Kier alpha value is -1.12. The predicted molar refractivity (Wildman–Crippen MR) is 59.7 cm³/mol. The molecule has 0 amide bonds. The molecule has 0 aliphatic carbocycles. The molecule has 0 aromatic heterocycles. The standard InChI is InChI=1S/C12H17NO/c1-11(2)13-14-10-6-9-12-7-4-3-5-8-12/h3-9,11,13H,10H2,1-2H3/b9-6+. The lowest BCUT2D eigenvalue weighted by atomic mass is 10.2. The molecular weight excluding hydrogens is 174 g/mol. The Morgan fingerprint density at radius 2 is 2.00 bits per heavy atom. The van der Waals surface area contributed by atoms with Gasteiger partial charge in [-0.1, -0.05) is 42.5 Å². The van der Waals surface area contributed by atoms with Gasteiger partial charge in [-0.15, -0.1) is 0 Å². The van der Waals surface area contributed by atoms with Gasteiger partial charge >= 0.3 is 0 Å². The van der Waals surface area contributed by atoms with Gasteiger partial charge in [0.25, 0.3) is 0 Å². The van der Waals surface area contributed by atoms with E-state index < -0.39 is 0 Å². The van der Waals surface area contributed by atoms with Crippen LogP contribution in [0.15, 0.2) is 36.4 Å². The van der Waals surface area contributed by atoms with Gasteiger partial charge in [0.15, 0.2) is 0 Å². The minimum atomic E-state index is 0.361. The minimum Gasteiger partial charge on any atom is -0.297 e. The van der Waals surface area contributed by atoms with Crippen molar-refractivity contribution >= 4 is 6.08 Å². The second-order valence-electron chi connectivity index (χ2n) is 3.40. The number of hydrogen-bond acceptors (Lipinski definition) is 2. The van der Waals surface area contributed by atoms with Gasteiger partial charge in [0, 0.05) is 6.04 Å². The van der Waals surface area contributed by atoms with Gasteiger partial charge in [-0.3, -0.25) is 4.84 Å². The van der Waals surface area contributed by atoms with Gasteiger partial charge < -0.3 is 0 Å². The Labute approximate surface area is 85.5 Å². The van der Waals surface area contributed by atoms with Crippen molar-refractivity contribution in [3.63, 3.8) is 0 Å². The van der Waals surface area contributed by atoms with Crippen LogP contribution in [0.1, 0.15) is 19.4 Å². The maximum atomic E-state index is 5.18. The van der Waals surface area contributed by atoms with Crippen molar-refractivity contribution in [2.75, 3.05) is 6.61 Å².